The third-order valence-corrected chi connectivity index (χ3v) is 4.67. The lowest BCUT2D eigenvalue weighted by atomic mass is 9.91. The second-order valence-electron chi connectivity index (χ2n) is 6.17. The second-order valence-corrected chi connectivity index (χ2v) is 6.61. The average Bonchev–Trinajstić information content (AvgIpc) is 3.11. The van der Waals surface area contributed by atoms with Gasteiger partial charge in [-0.1, -0.05) is 23.7 Å². The Morgan fingerprint density at radius 2 is 2.08 bits per heavy atom. The molecule has 1 unspecified atom stereocenters. The highest BCUT2D eigenvalue weighted by atomic mass is 35.5. The van der Waals surface area contributed by atoms with Crippen molar-refractivity contribution >= 4 is 23.6 Å². The van der Waals surface area contributed by atoms with Gasteiger partial charge in [0.25, 0.3) is 5.91 Å². The summed E-state index contributed by atoms with van der Waals surface area (Å²) in [6.45, 7) is 0.0683. The number of hydrogen-bond acceptors (Lipinski definition) is 3. The first-order valence-corrected chi connectivity index (χ1v) is 8.10. The number of alkyl carbamates (subject to hydrolysis) is 1. The molecular weight excluding hydrogens is 342 g/mol. The van der Waals surface area contributed by atoms with Crippen LogP contribution in [0, 0.1) is 5.92 Å². The maximum atomic E-state index is 13.6. The summed E-state index contributed by atoms with van der Waals surface area (Å²) in [5, 5.41) is 5.68. The minimum atomic E-state index is -2.72. The number of hydrogen-bond donors (Lipinski definition) is 2. The van der Waals surface area contributed by atoms with E-state index in [4.69, 9.17) is 16.3 Å². The molecule has 1 heterocycles. The largest absolute Gasteiger partial charge is 0.434 e. The van der Waals surface area contributed by atoms with E-state index < -0.39 is 36.0 Å². The molecule has 0 bridgehead atoms. The summed E-state index contributed by atoms with van der Waals surface area (Å²) in [6.07, 6.45) is -1.79. The van der Waals surface area contributed by atoms with Gasteiger partial charge in [-0.3, -0.25) is 4.79 Å². The van der Waals surface area contributed by atoms with Crippen molar-refractivity contribution < 1.29 is 23.1 Å². The molecule has 2 N–H and O–H groups in total. The molecule has 2 aliphatic rings. The van der Waals surface area contributed by atoms with E-state index in [1.165, 1.54) is 0 Å². The number of halogens is 3. The zero-order valence-corrected chi connectivity index (χ0v) is 13.5. The Bertz CT molecular complexity index is 639. The van der Waals surface area contributed by atoms with Gasteiger partial charge in [0.05, 0.1) is 12.6 Å². The van der Waals surface area contributed by atoms with Crippen LogP contribution >= 0.6 is 11.6 Å². The quantitative estimate of drug-likeness (QED) is 0.869. The highest BCUT2D eigenvalue weighted by Crippen LogP contribution is 2.44. The van der Waals surface area contributed by atoms with Crippen molar-refractivity contribution in [1.29, 1.82) is 0 Å². The van der Waals surface area contributed by atoms with E-state index in [1.807, 2.05) is 0 Å². The van der Waals surface area contributed by atoms with Gasteiger partial charge in [-0.2, -0.15) is 0 Å². The molecule has 8 heteroatoms. The molecular formula is C16H17ClF2N2O3. The minimum absolute atomic E-state index is 0.0683. The van der Waals surface area contributed by atoms with Gasteiger partial charge in [0.15, 0.2) is 6.10 Å². The molecule has 1 saturated carbocycles. The Labute approximate surface area is 142 Å². The number of carbonyl (C=O) groups excluding carboxylic acids is 2. The van der Waals surface area contributed by atoms with Crippen LogP contribution in [-0.4, -0.2) is 30.6 Å². The maximum Gasteiger partial charge on any atom is 0.408 e. The molecule has 1 aliphatic heterocycles. The van der Waals surface area contributed by atoms with E-state index in [2.05, 4.69) is 10.6 Å². The minimum Gasteiger partial charge on any atom is -0.434 e. The van der Waals surface area contributed by atoms with Crippen molar-refractivity contribution in [2.45, 2.75) is 37.3 Å². The van der Waals surface area contributed by atoms with E-state index in [0.717, 1.165) is 0 Å². The summed E-state index contributed by atoms with van der Waals surface area (Å²) in [4.78, 5) is 23.4. The Morgan fingerprint density at radius 1 is 1.38 bits per heavy atom. The predicted molar refractivity (Wildman–Crippen MR) is 82.9 cm³/mol. The normalized spacial score (nSPS) is 26.5. The van der Waals surface area contributed by atoms with E-state index in [0.29, 0.717) is 17.0 Å². The fourth-order valence-electron chi connectivity index (χ4n) is 3.19. The van der Waals surface area contributed by atoms with Crippen molar-refractivity contribution in [3.05, 3.63) is 34.9 Å². The fourth-order valence-corrected chi connectivity index (χ4v) is 3.32. The standard InChI is InChI=1S/C16H17ClF2N2O3/c17-11-3-1-9(2-4-11)13(10-5-6-16(18,19)7-10)21-14(22)12-8-20-15(23)24-12/h1-4,10,12-13H,5-8H2,(H,20,23)(H,21,22)/t10-,12?,13-/m1/s1. The smallest absolute Gasteiger partial charge is 0.408 e. The molecule has 2 fully saturated rings. The van der Waals surface area contributed by atoms with Crippen LogP contribution < -0.4 is 10.6 Å². The number of cyclic esters (lactones) is 1. The van der Waals surface area contributed by atoms with Crippen LogP contribution in [-0.2, 0) is 9.53 Å². The lowest BCUT2D eigenvalue weighted by Gasteiger charge is -2.26. The fraction of sp³-hybridized carbons (Fsp3) is 0.500. The van der Waals surface area contributed by atoms with Gasteiger partial charge >= 0.3 is 6.09 Å². The van der Waals surface area contributed by atoms with Crippen molar-refractivity contribution in [2.75, 3.05) is 6.54 Å². The van der Waals surface area contributed by atoms with E-state index in [9.17, 15) is 18.4 Å². The monoisotopic (exact) mass is 358 g/mol. The maximum absolute atomic E-state index is 13.6. The molecule has 0 aromatic heterocycles. The molecule has 2 amide bonds. The Hall–Kier alpha value is -1.89. The zero-order chi connectivity index (χ0) is 17.3. The van der Waals surface area contributed by atoms with Crippen LogP contribution in [0.3, 0.4) is 0 Å². The summed E-state index contributed by atoms with van der Waals surface area (Å²) in [7, 11) is 0. The Balaban J connectivity index is 1.78. The number of alkyl halides is 2. The average molecular weight is 359 g/mol. The molecule has 1 aromatic rings. The van der Waals surface area contributed by atoms with Gasteiger partial charge in [0.2, 0.25) is 5.92 Å². The highest BCUT2D eigenvalue weighted by Gasteiger charge is 2.44. The summed E-state index contributed by atoms with van der Waals surface area (Å²) in [5.41, 5.74) is 0.702. The molecule has 1 aromatic carbocycles. The second kappa shape index (κ2) is 6.55. The van der Waals surface area contributed by atoms with Crippen LogP contribution in [0.2, 0.25) is 5.02 Å². The van der Waals surface area contributed by atoms with Gasteiger partial charge in [0.1, 0.15) is 0 Å². The van der Waals surface area contributed by atoms with E-state index >= 15 is 0 Å². The number of carbonyl (C=O) groups is 2. The molecule has 1 aliphatic carbocycles. The van der Waals surface area contributed by atoms with Crippen molar-refractivity contribution in [1.82, 2.24) is 10.6 Å². The number of nitrogens with one attached hydrogen (secondary N) is 2. The molecule has 5 nitrogen and oxygen atoms in total. The molecule has 24 heavy (non-hydrogen) atoms. The first-order chi connectivity index (χ1) is 11.3. The lowest BCUT2D eigenvalue weighted by molar-refractivity contribution is -0.129. The summed E-state index contributed by atoms with van der Waals surface area (Å²) < 4.78 is 32.1. The van der Waals surface area contributed by atoms with Crippen molar-refractivity contribution in [3.8, 4) is 0 Å². The van der Waals surface area contributed by atoms with Gasteiger partial charge in [-0.05, 0) is 30.0 Å². The van der Waals surface area contributed by atoms with Crippen LogP contribution in [0.5, 0.6) is 0 Å². The topological polar surface area (TPSA) is 67.4 Å². The number of amides is 2. The summed E-state index contributed by atoms with van der Waals surface area (Å²) in [5.74, 6) is -3.61. The molecule has 0 radical (unpaired) electrons. The van der Waals surface area contributed by atoms with Crippen LogP contribution in [0.25, 0.3) is 0 Å². The van der Waals surface area contributed by atoms with Gasteiger partial charge in [0, 0.05) is 17.9 Å². The third-order valence-electron chi connectivity index (χ3n) is 4.41. The number of benzene rings is 1. The first kappa shape index (κ1) is 17.0. The molecule has 3 rings (SSSR count). The molecule has 130 valence electrons. The Morgan fingerprint density at radius 3 is 2.62 bits per heavy atom. The van der Waals surface area contributed by atoms with Crippen LogP contribution in [0.4, 0.5) is 13.6 Å². The number of ether oxygens (including phenoxy) is 1. The zero-order valence-electron chi connectivity index (χ0n) is 12.7. The van der Waals surface area contributed by atoms with E-state index in [-0.39, 0.29) is 19.4 Å². The summed E-state index contributed by atoms with van der Waals surface area (Å²) >= 11 is 5.87. The summed E-state index contributed by atoms with van der Waals surface area (Å²) in [6, 6.07) is 6.15. The van der Waals surface area contributed by atoms with Crippen LogP contribution in [0.1, 0.15) is 30.9 Å². The first-order valence-electron chi connectivity index (χ1n) is 7.72. The molecule has 1 saturated heterocycles. The predicted octanol–water partition coefficient (Wildman–Crippen LogP) is 3.04. The van der Waals surface area contributed by atoms with E-state index in [1.54, 1.807) is 24.3 Å². The third kappa shape index (κ3) is 3.77. The van der Waals surface area contributed by atoms with Gasteiger partial charge in [-0.15, -0.1) is 0 Å². The van der Waals surface area contributed by atoms with Gasteiger partial charge < -0.3 is 15.4 Å². The van der Waals surface area contributed by atoms with Crippen molar-refractivity contribution in [2.24, 2.45) is 5.92 Å². The van der Waals surface area contributed by atoms with Crippen molar-refractivity contribution in [3.63, 3.8) is 0 Å². The number of rotatable bonds is 4. The molecule has 0 spiro atoms. The van der Waals surface area contributed by atoms with Crippen LogP contribution in [0.15, 0.2) is 24.3 Å². The molecule has 3 atom stereocenters. The lowest BCUT2D eigenvalue weighted by Crippen LogP contribution is -2.41. The van der Waals surface area contributed by atoms with Gasteiger partial charge in [-0.25, -0.2) is 13.6 Å². The highest BCUT2D eigenvalue weighted by molar-refractivity contribution is 6.30. The SMILES string of the molecule is O=C1NCC(C(=O)N[C@H](c2ccc(Cl)cc2)[C@@H]2CCC(F)(F)C2)O1. The Kier molecular flexibility index (Phi) is 4.62.